The topological polar surface area (TPSA) is 198 Å². The Labute approximate surface area is 340 Å². The highest BCUT2D eigenvalue weighted by molar-refractivity contribution is 7.89. The van der Waals surface area contributed by atoms with Crippen LogP contribution in [0, 0.1) is 5.92 Å². The van der Waals surface area contributed by atoms with Crippen molar-refractivity contribution in [1.29, 1.82) is 0 Å². The predicted octanol–water partition coefficient (Wildman–Crippen LogP) is 4.12. The SMILES string of the molecule is COc1cc2nc3c(cc2c(OC)c1OC)CN(S(=O)(=O)c1ccccc1Cl)CCCCN(C(=O)c1cn2cccnc2n1)CC(=O)NCC1CCCN3C1.O=CO. The summed E-state index contributed by atoms with van der Waals surface area (Å²) >= 11 is 6.52. The summed E-state index contributed by atoms with van der Waals surface area (Å²) in [5, 5.41) is 10.7. The molecule has 7 rings (SSSR count). The number of halogens is 1. The zero-order chi connectivity index (χ0) is 41.4. The van der Waals surface area contributed by atoms with Crippen LogP contribution in [0.4, 0.5) is 5.82 Å². The van der Waals surface area contributed by atoms with Gasteiger partial charge in [0.15, 0.2) is 11.5 Å². The average molecular weight is 837 g/mol. The molecule has 2 aliphatic rings. The molecule has 0 aliphatic carbocycles. The smallest absolute Gasteiger partial charge is 0.290 e. The van der Waals surface area contributed by atoms with Crippen molar-refractivity contribution in [1.82, 2.24) is 33.9 Å². The van der Waals surface area contributed by atoms with Crippen LogP contribution in [0.25, 0.3) is 16.7 Å². The highest BCUT2D eigenvalue weighted by Gasteiger charge is 2.32. The molecule has 2 bridgehead atoms. The lowest BCUT2D eigenvalue weighted by atomic mass is 9.97. The van der Waals surface area contributed by atoms with Gasteiger partial charge in [0.1, 0.15) is 16.4 Å². The van der Waals surface area contributed by atoms with Gasteiger partial charge in [0, 0.05) is 74.9 Å². The number of imidazole rings is 1. The molecule has 17 nitrogen and oxygen atoms in total. The number of anilines is 1. The number of piperidine rings is 1. The molecule has 308 valence electrons. The number of methoxy groups -OCH3 is 3. The molecule has 2 amide bonds. The van der Waals surface area contributed by atoms with Crippen LogP contribution in [0.15, 0.2) is 66.0 Å². The summed E-state index contributed by atoms with van der Waals surface area (Å²) < 4.78 is 49.3. The van der Waals surface area contributed by atoms with E-state index < -0.39 is 15.9 Å². The van der Waals surface area contributed by atoms with E-state index in [1.54, 1.807) is 60.4 Å². The molecule has 19 heteroatoms. The monoisotopic (exact) mass is 836 g/mol. The van der Waals surface area contributed by atoms with E-state index in [1.165, 1.54) is 29.5 Å². The first-order valence-electron chi connectivity index (χ1n) is 18.6. The van der Waals surface area contributed by atoms with E-state index in [2.05, 4.69) is 20.2 Å². The lowest BCUT2D eigenvalue weighted by Crippen LogP contribution is -2.45. The van der Waals surface area contributed by atoms with E-state index in [1.807, 2.05) is 6.07 Å². The lowest BCUT2D eigenvalue weighted by molar-refractivity contribution is -0.123. The number of nitrogens with zero attached hydrogens (tertiary/aromatic N) is 7. The number of pyridine rings is 1. The molecule has 1 atom stereocenters. The summed E-state index contributed by atoms with van der Waals surface area (Å²) in [7, 11) is 0.453. The first-order chi connectivity index (χ1) is 28.0. The van der Waals surface area contributed by atoms with E-state index in [9.17, 15) is 18.0 Å². The van der Waals surface area contributed by atoms with E-state index in [0.717, 1.165) is 12.8 Å². The minimum absolute atomic E-state index is 0.0164. The molecule has 2 aromatic carbocycles. The molecular formula is C39H45ClN8O9S. The first-order valence-corrected chi connectivity index (χ1v) is 20.4. The molecule has 1 fully saturated rings. The van der Waals surface area contributed by atoms with Gasteiger partial charge in [-0.15, -0.1) is 0 Å². The van der Waals surface area contributed by atoms with Gasteiger partial charge < -0.3 is 34.4 Å². The Kier molecular flexibility index (Phi) is 13.5. The largest absolute Gasteiger partial charge is 0.493 e. The van der Waals surface area contributed by atoms with Gasteiger partial charge in [-0.25, -0.2) is 23.4 Å². The maximum absolute atomic E-state index is 14.5. The Morgan fingerprint density at radius 3 is 2.47 bits per heavy atom. The second-order valence-corrected chi connectivity index (χ2v) is 16.0. The third-order valence-electron chi connectivity index (χ3n) is 10.0. The zero-order valence-electron chi connectivity index (χ0n) is 32.3. The fourth-order valence-electron chi connectivity index (χ4n) is 7.33. The summed E-state index contributed by atoms with van der Waals surface area (Å²) in [6, 6.07) is 11.8. The lowest BCUT2D eigenvalue weighted by Gasteiger charge is -2.36. The molecule has 0 radical (unpaired) electrons. The van der Waals surface area contributed by atoms with Gasteiger partial charge in [-0.2, -0.15) is 4.31 Å². The van der Waals surface area contributed by atoms with Crippen LogP contribution in [-0.4, -0.2) is 121 Å². The number of fused-ring (bicyclic) bond motifs is 6. The van der Waals surface area contributed by atoms with Crippen LogP contribution < -0.4 is 24.4 Å². The number of carbonyl (C=O) groups is 3. The molecule has 3 aromatic heterocycles. The minimum Gasteiger partial charge on any atom is -0.493 e. The van der Waals surface area contributed by atoms with Crippen LogP contribution in [-0.2, 0) is 26.2 Å². The molecule has 5 heterocycles. The summed E-state index contributed by atoms with van der Waals surface area (Å²) in [6.07, 6.45) is 7.36. The molecule has 2 N–H and O–H groups in total. The molecular weight excluding hydrogens is 792 g/mol. The Hall–Kier alpha value is -5.72. The number of carbonyl (C=O) groups excluding carboxylic acids is 2. The van der Waals surface area contributed by atoms with E-state index in [0.29, 0.717) is 77.8 Å². The number of carboxylic acid groups (broad SMARTS) is 1. The van der Waals surface area contributed by atoms with Crippen molar-refractivity contribution in [3.63, 3.8) is 0 Å². The van der Waals surface area contributed by atoms with Crippen molar-refractivity contribution in [3.05, 3.63) is 77.3 Å². The highest BCUT2D eigenvalue weighted by atomic mass is 35.5. The van der Waals surface area contributed by atoms with E-state index >= 15 is 0 Å². The number of ether oxygens (including phenoxy) is 3. The van der Waals surface area contributed by atoms with Crippen molar-refractivity contribution in [3.8, 4) is 17.2 Å². The van der Waals surface area contributed by atoms with Crippen LogP contribution in [0.5, 0.6) is 17.2 Å². The fourth-order valence-corrected chi connectivity index (χ4v) is 9.28. The Morgan fingerprint density at radius 2 is 1.74 bits per heavy atom. The van der Waals surface area contributed by atoms with E-state index in [4.69, 9.17) is 40.7 Å². The first kappa shape index (κ1) is 41.9. The standard InChI is InChI=1S/C38H43ClN8O7S.CH2O2/c1-52-31-19-29-27(34(53-2)35(31)54-3)18-26-22-47(55(50,51)32-12-5-4-11-28(32)39)17-7-6-14-45(37(49)30-23-46-16-9-13-40-38(46)43-30)24-33(48)41-20-25-10-8-15-44(21-25)36(26)42-29;2-1-3/h4-5,9,11-13,16,18-19,23,25H,6-8,10,14-15,17,20-22,24H2,1-3H3,(H,41,48);1H,(H,2,3). The molecule has 1 unspecified atom stereocenters. The number of amides is 2. The number of benzene rings is 2. The van der Waals surface area contributed by atoms with Crippen LogP contribution in [0.3, 0.4) is 0 Å². The van der Waals surface area contributed by atoms with Crippen LogP contribution >= 0.6 is 11.6 Å². The van der Waals surface area contributed by atoms with Crippen molar-refractivity contribution >= 4 is 62.4 Å². The highest BCUT2D eigenvalue weighted by Crippen LogP contribution is 2.44. The number of hydrogen-bond acceptors (Lipinski definition) is 12. The normalized spacial score (nSPS) is 17.1. The molecule has 0 spiro atoms. The summed E-state index contributed by atoms with van der Waals surface area (Å²) in [6.45, 7) is 1.44. The molecule has 1 saturated heterocycles. The maximum Gasteiger partial charge on any atom is 0.290 e. The maximum atomic E-state index is 14.5. The van der Waals surface area contributed by atoms with Gasteiger partial charge in [0.25, 0.3) is 12.4 Å². The van der Waals surface area contributed by atoms with Gasteiger partial charge in [-0.3, -0.25) is 18.8 Å². The van der Waals surface area contributed by atoms with Crippen molar-refractivity contribution in [2.24, 2.45) is 5.92 Å². The molecule has 58 heavy (non-hydrogen) atoms. The van der Waals surface area contributed by atoms with E-state index in [-0.39, 0.29) is 60.1 Å². The van der Waals surface area contributed by atoms with Gasteiger partial charge in [0.2, 0.25) is 27.5 Å². The van der Waals surface area contributed by atoms with Gasteiger partial charge in [-0.1, -0.05) is 23.7 Å². The van der Waals surface area contributed by atoms with Crippen LogP contribution in [0.2, 0.25) is 5.02 Å². The Balaban J connectivity index is 0.00000183. The number of hydrogen-bond donors (Lipinski definition) is 2. The Morgan fingerprint density at radius 1 is 0.983 bits per heavy atom. The number of aromatic nitrogens is 4. The molecule has 2 aliphatic heterocycles. The average Bonchev–Trinajstić information content (AvgIpc) is 3.67. The minimum atomic E-state index is -4.15. The second-order valence-electron chi connectivity index (χ2n) is 13.7. The zero-order valence-corrected chi connectivity index (χ0v) is 33.9. The number of nitrogens with one attached hydrogen (secondary N) is 1. The number of rotatable bonds is 6. The third-order valence-corrected chi connectivity index (χ3v) is 12.4. The van der Waals surface area contributed by atoms with Crippen LogP contribution in [0.1, 0.15) is 41.7 Å². The molecule has 0 saturated carbocycles. The number of sulfonamides is 1. The van der Waals surface area contributed by atoms with Crippen molar-refractivity contribution in [2.75, 3.05) is 65.5 Å². The third kappa shape index (κ3) is 9.03. The van der Waals surface area contributed by atoms with Gasteiger partial charge in [0.05, 0.1) is 38.4 Å². The van der Waals surface area contributed by atoms with Gasteiger partial charge in [-0.05, 0) is 55.9 Å². The predicted molar refractivity (Wildman–Crippen MR) is 215 cm³/mol. The summed E-state index contributed by atoms with van der Waals surface area (Å²) in [4.78, 5) is 53.0. The summed E-state index contributed by atoms with van der Waals surface area (Å²) in [5.41, 5.74) is 1.40. The van der Waals surface area contributed by atoms with Crippen molar-refractivity contribution in [2.45, 2.75) is 37.1 Å². The molecule has 5 aromatic rings. The van der Waals surface area contributed by atoms with Crippen molar-refractivity contribution < 1.29 is 42.1 Å². The second kappa shape index (κ2) is 18.7. The fraction of sp³-hybridized carbons (Fsp3) is 0.385. The Bertz CT molecular complexity index is 2360. The quantitative estimate of drug-likeness (QED) is 0.232. The summed E-state index contributed by atoms with van der Waals surface area (Å²) in [5.74, 6) is 1.59. The van der Waals surface area contributed by atoms with Gasteiger partial charge >= 0.3 is 0 Å².